The quantitative estimate of drug-likeness (QED) is 0.356. The maximum absolute atomic E-state index is 12.9. The van der Waals surface area contributed by atoms with Crippen LogP contribution in [-0.2, 0) is 14.8 Å². The van der Waals surface area contributed by atoms with Crippen LogP contribution in [0.3, 0.4) is 0 Å². The van der Waals surface area contributed by atoms with E-state index in [1.54, 1.807) is 17.5 Å². The van der Waals surface area contributed by atoms with Crippen LogP contribution in [0.1, 0.15) is 12.8 Å². The second-order valence-corrected chi connectivity index (χ2v) is 11.6. The summed E-state index contributed by atoms with van der Waals surface area (Å²) in [7, 11) is -3.68. The third-order valence-corrected chi connectivity index (χ3v) is 9.47. The van der Waals surface area contributed by atoms with Gasteiger partial charge in [0.1, 0.15) is 21.8 Å². The summed E-state index contributed by atoms with van der Waals surface area (Å²) >= 11 is 2.46. The molecule has 1 N–H and O–H groups in total. The zero-order valence-electron chi connectivity index (χ0n) is 18.0. The van der Waals surface area contributed by atoms with Crippen LogP contribution < -0.4 is 10.1 Å². The highest BCUT2D eigenvalue weighted by atomic mass is 32.2. The number of aromatic nitrogens is 1. The van der Waals surface area contributed by atoms with E-state index in [4.69, 9.17) is 4.74 Å². The number of benzene rings is 2. The third kappa shape index (κ3) is 4.76. The highest BCUT2D eigenvalue weighted by Gasteiger charge is 2.40. The lowest BCUT2D eigenvalue weighted by Gasteiger charge is -2.22. The Morgan fingerprint density at radius 3 is 2.50 bits per heavy atom. The number of anilines is 1. The number of hydrogen-bond donors (Lipinski definition) is 1. The van der Waals surface area contributed by atoms with E-state index in [2.05, 4.69) is 10.3 Å². The number of amides is 1. The average molecular weight is 512 g/mol. The normalized spacial score (nSPS) is 16.4. The van der Waals surface area contributed by atoms with E-state index < -0.39 is 16.1 Å². The number of thiophene rings is 1. The first-order valence-electron chi connectivity index (χ1n) is 10.7. The second-order valence-electron chi connectivity index (χ2n) is 7.67. The molecule has 7 nitrogen and oxygen atoms in total. The van der Waals surface area contributed by atoms with Gasteiger partial charge in [-0.2, -0.15) is 4.31 Å². The van der Waals surface area contributed by atoms with Gasteiger partial charge in [0.2, 0.25) is 5.91 Å². The van der Waals surface area contributed by atoms with Crippen LogP contribution in [0, 0.1) is 0 Å². The summed E-state index contributed by atoms with van der Waals surface area (Å²) in [6.45, 7) is 0.332. The van der Waals surface area contributed by atoms with Gasteiger partial charge >= 0.3 is 0 Å². The van der Waals surface area contributed by atoms with Crippen LogP contribution in [-0.4, -0.2) is 36.2 Å². The van der Waals surface area contributed by atoms with Gasteiger partial charge in [-0.3, -0.25) is 4.79 Å². The van der Waals surface area contributed by atoms with E-state index in [1.165, 1.54) is 15.6 Å². The number of nitrogens with zero attached hydrogens (tertiary/aromatic N) is 2. The fourth-order valence-electron chi connectivity index (χ4n) is 3.79. The lowest BCUT2D eigenvalue weighted by atomic mass is 10.2. The molecule has 1 saturated heterocycles. The minimum Gasteiger partial charge on any atom is -0.457 e. The number of carbonyl (C=O) groups is 1. The maximum Gasteiger partial charge on any atom is 0.253 e. The molecular weight excluding hydrogens is 490 g/mol. The molecule has 1 amide bonds. The number of hydrogen-bond acceptors (Lipinski definition) is 7. The fraction of sp³-hybridized carbons (Fsp3) is 0.167. The molecule has 0 saturated carbocycles. The van der Waals surface area contributed by atoms with Gasteiger partial charge in [0.25, 0.3) is 10.0 Å². The predicted octanol–water partition coefficient (Wildman–Crippen LogP) is 5.46. The Bertz CT molecular complexity index is 1370. The van der Waals surface area contributed by atoms with Crippen molar-refractivity contribution in [2.24, 2.45) is 0 Å². The van der Waals surface area contributed by atoms with Gasteiger partial charge in [-0.15, -0.1) is 22.7 Å². The smallest absolute Gasteiger partial charge is 0.253 e. The summed E-state index contributed by atoms with van der Waals surface area (Å²) in [6.07, 6.45) is 1.13. The first-order chi connectivity index (χ1) is 16.5. The zero-order valence-corrected chi connectivity index (χ0v) is 20.4. The molecule has 2 aromatic heterocycles. The van der Waals surface area contributed by atoms with Gasteiger partial charge in [0, 0.05) is 17.5 Å². The van der Waals surface area contributed by atoms with E-state index in [-0.39, 0.29) is 10.1 Å². The van der Waals surface area contributed by atoms with Gasteiger partial charge in [0.15, 0.2) is 5.13 Å². The van der Waals surface area contributed by atoms with Crippen molar-refractivity contribution < 1.29 is 17.9 Å². The van der Waals surface area contributed by atoms with Crippen molar-refractivity contribution in [3.63, 3.8) is 0 Å². The Morgan fingerprint density at radius 2 is 1.76 bits per heavy atom. The van der Waals surface area contributed by atoms with Gasteiger partial charge in [-0.05, 0) is 60.7 Å². The number of ether oxygens (including phenoxy) is 1. The standard InChI is InChI=1S/C24H21N3O4S3/c28-23(21-8-4-14-27(21)34(29,30)22-9-5-15-32-22)26-24-25-20(16-33-24)17-10-12-19(13-11-17)31-18-6-2-1-3-7-18/h1-3,5-7,9-13,15-16,21H,4,8,14H2,(H,25,26,28). The number of carbonyl (C=O) groups excluding carboxylic acids is 1. The number of para-hydroxylation sites is 1. The van der Waals surface area contributed by atoms with E-state index in [1.807, 2.05) is 60.0 Å². The number of sulfonamides is 1. The van der Waals surface area contributed by atoms with E-state index in [0.29, 0.717) is 30.3 Å². The Balaban J connectivity index is 1.26. The highest BCUT2D eigenvalue weighted by Crippen LogP contribution is 2.31. The first kappa shape index (κ1) is 22.7. The molecular formula is C24H21N3O4S3. The van der Waals surface area contributed by atoms with Crippen LogP contribution in [0.25, 0.3) is 11.3 Å². The van der Waals surface area contributed by atoms with Crippen LogP contribution in [0.5, 0.6) is 11.5 Å². The average Bonchev–Trinajstić information content (AvgIpc) is 3.62. The molecule has 10 heteroatoms. The van der Waals surface area contributed by atoms with Crippen molar-refractivity contribution in [3.05, 3.63) is 77.5 Å². The molecule has 2 aromatic carbocycles. The topological polar surface area (TPSA) is 88.6 Å². The van der Waals surface area contributed by atoms with Crippen molar-refractivity contribution in [2.45, 2.75) is 23.1 Å². The van der Waals surface area contributed by atoms with Gasteiger partial charge in [-0.1, -0.05) is 24.3 Å². The Labute approximate surface area is 205 Å². The fourth-order valence-corrected chi connectivity index (χ4v) is 7.29. The molecule has 1 fully saturated rings. The molecule has 0 bridgehead atoms. The molecule has 34 heavy (non-hydrogen) atoms. The highest BCUT2D eigenvalue weighted by molar-refractivity contribution is 7.91. The summed E-state index contributed by atoms with van der Waals surface area (Å²) in [5, 5.41) is 6.82. The Hall–Kier alpha value is -3.05. The number of nitrogens with one attached hydrogen (secondary N) is 1. The van der Waals surface area contributed by atoms with E-state index in [0.717, 1.165) is 28.3 Å². The van der Waals surface area contributed by atoms with Gasteiger partial charge in [0.05, 0.1) is 5.69 Å². The predicted molar refractivity (Wildman–Crippen MR) is 134 cm³/mol. The van der Waals surface area contributed by atoms with Crippen molar-refractivity contribution in [1.29, 1.82) is 0 Å². The number of thiazole rings is 1. The van der Waals surface area contributed by atoms with Crippen LogP contribution >= 0.6 is 22.7 Å². The summed E-state index contributed by atoms with van der Waals surface area (Å²) in [6, 6.07) is 19.6. The second kappa shape index (κ2) is 9.67. The summed E-state index contributed by atoms with van der Waals surface area (Å²) < 4.78 is 33.2. The molecule has 0 radical (unpaired) electrons. The van der Waals surface area contributed by atoms with Crippen molar-refractivity contribution in [3.8, 4) is 22.8 Å². The molecule has 174 valence electrons. The number of rotatable bonds is 7. The molecule has 1 atom stereocenters. The largest absolute Gasteiger partial charge is 0.457 e. The Morgan fingerprint density at radius 1 is 1.00 bits per heavy atom. The lowest BCUT2D eigenvalue weighted by Crippen LogP contribution is -2.42. The zero-order chi connectivity index (χ0) is 23.5. The molecule has 4 aromatic rings. The van der Waals surface area contributed by atoms with Gasteiger partial charge < -0.3 is 10.1 Å². The van der Waals surface area contributed by atoms with E-state index >= 15 is 0 Å². The first-order valence-corrected chi connectivity index (χ1v) is 13.9. The van der Waals surface area contributed by atoms with E-state index in [9.17, 15) is 13.2 Å². The summed E-state index contributed by atoms with van der Waals surface area (Å²) in [5.41, 5.74) is 1.61. The van der Waals surface area contributed by atoms with Crippen molar-refractivity contribution in [1.82, 2.24) is 9.29 Å². The SMILES string of the molecule is O=C(Nc1nc(-c2ccc(Oc3ccccc3)cc2)cs1)C1CCCN1S(=O)(=O)c1cccs1. The molecule has 0 aliphatic carbocycles. The van der Waals surface area contributed by atoms with Crippen molar-refractivity contribution >= 4 is 43.7 Å². The van der Waals surface area contributed by atoms with Crippen LogP contribution in [0.15, 0.2) is 81.7 Å². The summed E-state index contributed by atoms with van der Waals surface area (Å²) in [4.78, 5) is 17.5. The van der Waals surface area contributed by atoms with Gasteiger partial charge in [-0.25, -0.2) is 13.4 Å². The maximum atomic E-state index is 12.9. The lowest BCUT2D eigenvalue weighted by molar-refractivity contribution is -0.119. The molecule has 5 rings (SSSR count). The molecule has 1 aliphatic heterocycles. The molecule has 3 heterocycles. The van der Waals surface area contributed by atoms with Crippen molar-refractivity contribution in [2.75, 3.05) is 11.9 Å². The van der Waals surface area contributed by atoms with Crippen LogP contribution in [0.4, 0.5) is 5.13 Å². The molecule has 1 unspecified atom stereocenters. The molecule has 1 aliphatic rings. The minimum absolute atomic E-state index is 0.253. The minimum atomic E-state index is -3.68. The summed E-state index contributed by atoms with van der Waals surface area (Å²) in [5.74, 6) is 1.12. The Kier molecular flexibility index (Phi) is 6.46. The van der Waals surface area contributed by atoms with Crippen LogP contribution in [0.2, 0.25) is 0 Å². The monoisotopic (exact) mass is 511 g/mol. The third-order valence-electron chi connectivity index (χ3n) is 5.43. The molecule has 0 spiro atoms.